The van der Waals surface area contributed by atoms with Crippen LogP contribution < -0.4 is 21.8 Å². The smallest absolute Gasteiger partial charge is 0.251 e. The predicted octanol–water partition coefficient (Wildman–Crippen LogP) is 1.95. The number of benzene rings is 1. The number of hydrogen-bond acceptors (Lipinski definition) is 5. The molecule has 0 fully saturated rings. The fourth-order valence-corrected chi connectivity index (χ4v) is 2.76. The van der Waals surface area contributed by atoms with Crippen LogP contribution in [0, 0.1) is 16.0 Å². The van der Waals surface area contributed by atoms with Crippen molar-refractivity contribution in [2.45, 2.75) is 58.9 Å². The van der Waals surface area contributed by atoms with E-state index in [2.05, 4.69) is 43.3 Å². The normalized spacial score (nSPS) is 12.5. The zero-order chi connectivity index (χ0) is 23.4. The molecule has 0 aliphatic heterocycles. The summed E-state index contributed by atoms with van der Waals surface area (Å²) in [6.45, 7) is 8.97. The first kappa shape index (κ1) is 25.9. The SMILES string of the molecule is CC(C)CCNC(=O)[C@H](CCCN=C(N)N[N+](=O)[O-])NC(=O)c1ccc(C(C)C)cc1. The summed E-state index contributed by atoms with van der Waals surface area (Å²) in [5, 5.41) is 15.2. The van der Waals surface area contributed by atoms with Gasteiger partial charge in [-0.1, -0.05) is 45.3 Å². The molecule has 0 unspecified atom stereocenters. The third-order valence-electron chi connectivity index (χ3n) is 4.62. The van der Waals surface area contributed by atoms with E-state index in [-0.39, 0.29) is 24.3 Å². The minimum atomic E-state index is -0.797. The summed E-state index contributed by atoms with van der Waals surface area (Å²) in [7, 11) is 0. The number of carbonyl (C=O) groups is 2. The predicted molar refractivity (Wildman–Crippen MR) is 120 cm³/mol. The molecule has 31 heavy (non-hydrogen) atoms. The van der Waals surface area contributed by atoms with Gasteiger partial charge >= 0.3 is 0 Å². The molecule has 0 aromatic heterocycles. The number of carbonyl (C=O) groups excluding carboxylic acids is 2. The highest BCUT2D eigenvalue weighted by Gasteiger charge is 2.21. The number of amides is 2. The van der Waals surface area contributed by atoms with Crippen LogP contribution in [0.5, 0.6) is 0 Å². The molecule has 172 valence electrons. The molecule has 0 radical (unpaired) electrons. The Bertz CT molecular complexity index is 762. The zero-order valence-corrected chi connectivity index (χ0v) is 18.7. The molecule has 10 heteroatoms. The molecule has 0 aliphatic carbocycles. The molecule has 5 N–H and O–H groups in total. The van der Waals surface area contributed by atoms with Gasteiger partial charge in [0.1, 0.15) is 6.04 Å². The largest absolute Gasteiger partial charge is 0.365 e. The number of nitro groups is 1. The number of rotatable bonds is 12. The molecule has 2 amide bonds. The number of nitrogens with two attached hydrogens (primary N) is 1. The Morgan fingerprint density at radius 1 is 1.13 bits per heavy atom. The first-order chi connectivity index (χ1) is 14.6. The monoisotopic (exact) mass is 434 g/mol. The minimum absolute atomic E-state index is 0.182. The molecule has 0 bridgehead atoms. The minimum Gasteiger partial charge on any atom is -0.365 e. The van der Waals surface area contributed by atoms with Gasteiger partial charge in [-0.25, -0.2) is 15.1 Å². The molecule has 1 aromatic rings. The van der Waals surface area contributed by atoms with E-state index in [9.17, 15) is 19.7 Å². The number of aliphatic imine (C=N–C) groups is 1. The lowest BCUT2D eigenvalue weighted by Gasteiger charge is -2.19. The lowest BCUT2D eigenvalue weighted by atomic mass is 10.0. The van der Waals surface area contributed by atoms with Crippen molar-refractivity contribution < 1.29 is 14.6 Å². The third kappa shape index (κ3) is 10.4. The van der Waals surface area contributed by atoms with Gasteiger partial charge in [-0.05, 0) is 48.8 Å². The average molecular weight is 435 g/mol. The van der Waals surface area contributed by atoms with Crippen molar-refractivity contribution in [3.8, 4) is 0 Å². The summed E-state index contributed by atoms with van der Waals surface area (Å²) in [4.78, 5) is 39.5. The third-order valence-corrected chi connectivity index (χ3v) is 4.62. The number of hydrazine groups is 1. The summed E-state index contributed by atoms with van der Waals surface area (Å²) in [5.41, 5.74) is 8.74. The maximum Gasteiger partial charge on any atom is 0.251 e. The van der Waals surface area contributed by atoms with E-state index in [1.54, 1.807) is 17.6 Å². The van der Waals surface area contributed by atoms with E-state index in [0.29, 0.717) is 36.8 Å². The van der Waals surface area contributed by atoms with Crippen molar-refractivity contribution in [1.29, 1.82) is 0 Å². The number of nitrogens with zero attached hydrogens (tertiary/aromatic N) is 2. The van der Waals surface area contributed by atoms with E-state index in [4.69, 9.17) is 5.73 Å². The number of nitrogens with one attached hydrogen (secondary N) is 3. The Balaban J connectivity index is 2.75. The molecular weight excluding hydrogens is 400 g/mol. The highest BCUT2D eigenvalue weighted by molar-refractivity contribution is 5.97. The van der Waals surface area contributed by atoms with Crippen molar-refractivity contribution in [3.63, 3.8) is 0 Å². The highest BCUT2D eigenvalue weighted by Crippen LogP contribution is 2.15. The van der Waals surface area contributed by atoms with E-state index < -0.39 is 11.1 Å². The summed E-state index contributed by atoms with van der Waals surface area (Å²) in [5.74, 6) is -0.115. The van der Waals surface area contributed by atoms with Crippen molar-refractivity contribution in [3.05, 3.63) is 45.5 Å². The van der Waals surface area contributed by atoms with Crippen LogP contribution in [0.1, 0.15) is 68.8 Å². The molecular formula is C21H34N6O4. The molecule has 1 aromatic carbocycles. The molecule has 0 heterocycles. The van der Waals surface area contributed by atoms with Crippen LogP contribution in [-0.4, -0.2) is 41.9 Å². The lowest BCUT2D eigenvalue weighted by molar-refractivity contribution is -0.525. The summed E-state index contributed by atoms with van der Waals surface area (Å²) >= 11 is 0. The average Bonchev–Trinajstić information content (AvgIpc) is 2.69. The number of guanidine groups is 1. The topological polar surface area (TPSA) is 152 Å². The quantitative estimate of drug-likeness (QED) is 0.130. The van der Waals surface area contributed by atoms with E-state index in [1.807, 2.05) is 12.1 Å². The van der Waals surface area contributed by atoms with E-state index in [0.717, 1.165) is 12.0 Å². The van der Waals surface area contributed by atoms with E-state index >= 15 is 0 Å². The van der Waals surface area contributed by atoms with E-state index in [1.165, 1.54) is 0 Å². The fourth-order valence-electron chi connectivity index (χ4n) is 2.76. The second kappa shape index (κ2) is 13.2. The fraction of sp³-hybridized carbons (Fsp3) is 0.571. The van der Waals surface area contributed by atoms with Crippen molar-refractivity contribution in [2.75, 3.05) is 13.1 Å². The van der Waals surface area contributed by atoms with Crippen LogP contribution >= 0.6 is 0 Å². The van der Waals surface area contributed by atoms with Gasteiger partial charge in [-0.2, -0.15) is 0 Å². The van der Waals surface area contributed by atoms with Gasteiger partial charge in [0.05, 0.1) is 0 Å². The summed E-state index contributed by atoms with van der Waals surface area (Å²) < 4.78 is 0. The van der Waals surface area contributed by atoms with Gasteiger partial charge < -0.3 is 16.4 Å². The van der Waals surface area contributed by atoms with Gasteiger partial charge in [-0.3, -0.25) is 9.59 Å². The second-order valence-corrected chi connectivity index (χ2v) is 8.05. The molecule has 10 nitrogen and oxygen atoms in total. The van der Waals surface area contributed by atoms with Crippen LogP contribution in [0.15, 0.2) is 29.3 Å². The Kier molecular flexibility index (Phi) is 11.0. The molecule has 1 atom stereocenters. The van der Waals surface area contributed by atoms with Crippen molar-refractivity contribution >= 4 is 17.8 Å². The van der Waals surface area contributed by atoms with Crippen LogP contribution in [0.2, 0.25) is 0 Å². The Hall–Kier alpha value is -3.17. The molecule has 0 saturated heterocycles. The van der Waals surface area contributed by atoms with Crippen molar-refractivity contribution in [1.82, 2.24) is 16.1 Å². The first-order valence-electron chi connectivity index (χ1n) is 10.5. The molecule has 0 saturated carbocycles. The van der Waals surface area contributed by atoms with Gasteiger partial charge in [0.25, 0.3) is 11.9 Å². The Morgan fingerprint density at radius 3 is 2.32 bits per heavy atom. The molecule has 0 spiro atoms. The second-order valence-electron chi connectivity index (χ2n) is 8.05. The van der Waals surface area contributed by atoms with Crippen LogP contribution in [0.3, 0.4) is 0 Å². The van der Waals surface area contributed by atoms with Crippen LogP contribution in [0.4, 0.5) is 0 Å². The highest BCUT2D eigenvalue weighted by atomic mass is 16.7. The van der Waals surface area contributed by atoms with Gasteiger partial charge in [0, 0.05) is 18.7 Å². The van der Waals surface area contributed by atoms with Gasteiger partial charge in [0.2, 0.25) is 5.91 Å². The van der Waals surface area contributed by atoms with Crippen molar-refractivity contribution in [2.24, 2.45) is 16.6 Å². The zero-order valence-electron chi connectivity index (χ0n) is 18.7. The summed E-state index contributed by atoms with van der Waals surface area (Å²) in [6.07, 6.45) is 1.56. The summed E-state index contributed by atoms with van der Waals surface area (Å²) in [6, 6.07) is 6.54. The lowest BCUT2D eigenvalue weighted by Crippen LogP contribution is -2.47. The Labute approximate surface area is 183 Å². The van der Waals surface area contributed by atoms with Crippen LogP contribution in [0.25, 0.3) is 0 Å². The standard InChI is InChI=1S/C21H34N6O4/c1-14(2)11-13-23-20(29)18(6-5-12-24-21(22)26-27(30)31)25-19(28)17-9-7-16(8-10-17)15(3)4/h7-10,14-15,18H,5-6,11-13H2,1-4H3,(H,23,29)(H,25,28)(H3,22,24,26)/t18-/m0/s1. The number of hydrogen-bond donors (Lipinski definition) is 4. The molecule has 1 rings (SSSR count). The van der Waals surface area contributed by atoms with Gasteiger partial charge in [0.15, 0.2) is 5.03 Å². The molecule has 0 aliphatic rings. The van der Waals surface area contributed by atoms with Crippen LogP contribution in [-0.2, 0) is 4.79 Å². The Morgan fingerprint density at radius 2 is 1.77 bits per heavy atom. The first-order valence-corrected chi connectivity index (χ1v) is 10.5. The maximum absolute atomic E-state index is 12.7. The maximum atomic E-state index is 12.7. The van der Waals surface area contributed by atoms with Gasteiger partial charge in [-0.15, -0.1) is 0 Å².